The fourth-order valence-corrected chi connectivity index (χ4v) is 2.11. The number of carbonyl (C=O) groups excluding carboxylic acids is 2. The van der Waals surface area contributed by atoms with Gasteiger partial charge in [-0.25, -0.2) is 4.79 Å². The maximum absolute atomic E-state index is 12.2. The minimum absolute atomic E-state index is 0.0213. The van der Waals surface area contributed by atoms with E-state index in [0.29, 0.717) is 17.0 Å². The van der Waals surface area contributed by atoms with Gasteiger partial charge in [0.15, 0.2) is 0 Å². The largest absolute Gasteiger partial charge is 0.495 e. The minimum Gasteiger partial charge on any atom is -0.495 e. The molecule has 0 unspecified atom stereocenters. The SMILES string of the molecule is COc1ccc(C(=O)NC2CC2)cc1NC(=O)N(C)C[C@@H](O)CO. The topological polar surface area (TPSA) is 111 Å². The standard InChI is InChI=1S/C16H23N3O5/c1-19(8-12(21)9-20)16(23)18-13-7-10(3-6-14(13)24-2)15(22)17-11-4-5-11/h3,6-7,11-12,20-21H,4-5,8-9H2,1-2H3,(H,17,22)(H,18,23)/t12-/m1/s1. The van der Waals surface area contributed by atoms with E-state index in [9.17, 15) is 14.7 Å². The van der Waals surface area contributed by atoms with Crippen molar-refractivity contribution in [3.8, 4) is 5.75 Å². The molecule has 3 amide bonds. The van der Waals surface area contributed by atoms with Gasteiger partial charge in [0.05, 0.1) is 32.1 Å². The third-order valence-electron chi connectivity index (χ3n) is 3.66. The van der Waals surface area contributed by atoms with Crippen molar-refractivity contribution >= 4 is 17.6 Å². The number of rotatable bonds is 7. The molecule has 0 radical (unpaired) electrons. The smallest absolute Gasteiger partial charge is 0.321 e. The van der Waals surface area contributed by atoms with Gasteiger partial charge in [0.1, 0.15) is 5.75 Å². The molecule has 1 fully saturated rings. The van der Waals surface area contributed by atoms with E-state index >= 15 is 0 Å². The molecule has 1 aliphatic rings. The molecule has 132 valence electrons. The lowest BCUT2D eigenvalue weighted by Crippen LogP contribution is -2.38. The van der Waals surface area contributed by atoms with E-state index in [1.807, 2.05) is 0 Å². The zero-order valence-electron chi connectivity index (χ0n) is 13.8. The number of nitrogens with one attached hydrogen (secondary N) is 2. The lowest BCUT2D eigenvalue weighted by Gasteiger charge is -2.21. The molecule has 24 heavy (non-hydrogen) atoms. The summed E-state index contributed by atoms with van der Waals surface area (Å²) < 4.78 is 5.20. The number of methoxy groups -OCH3 is 1. The summed E-state index contributed by atoms with van der Waals surface area (Å²) in [5, 5.41) is 23.8. The fourth-order valence-electron chi connectivity index (χ4n) is 2.11. The Bertz CT molecular complexity index is 603. The molecular weight excluding hydrogens is 314 g/mol. The quantitative estimate of drug-likeness (QED) is 0.576. The predicted octanol–water partition coefficient (Wildman–Crippen LogP) is 0.404. The molecule has 0 heterocycles. The summed E-state index contributed by atoms with van der Waals surface area (Å²) in [6.07, 6.45) is 0.964. The van der Waals surface area contributed by atoms with Crippen molar-refractivity contribution < 1.29 is 24.5 Å². The van der Waals surface area contributed by atoms with Gasteiger partial charge in [0.2, 0.25) is 0 Å². The molecule has 8 nitrogen and oxygen atoms in total. The van der Waals surface area contributed by atoms with Crippen molar-refractivity contribution in [2.75, 3.05) is 32.6 Å². The molecule has 0 bridgehead atoms. The number of amides is 3. The second-order valence-corrected chi connectivity index (χ2v) is 5.81. The van der Waals surface area contributed by atoms with Crippen LogP contribution in [-0.2, 0) is 0 Å². The Morgan fingerprint density at radius 1 is 1.42 bits per heavy atom. The van der Waals surface area contributed by atoms with E-state index in [1.54, 1.807) is 18.2 Å². The van der Waals surface area contributed by atoms with Crippen LogP contribution in [0.25, 0.3) is 0 Å². The number of benzene rings is 1. The number of aliphatic hydroxyl groups is 2. The van der Waals surface area contributed by atoms with E-state index < -0.39 is 18.7 Å². The van der Waals surface area contributed by atoms with E-state index in [4.69, 9.17) is 9.84 Å². The predicted molar refractivity (Wildman–Crippen MR) is 88.2 cm³/mol. The summed E-state index contributed by atoms with van der Waals surface area (Å²) >= 11 is 0. The average molecular weight is 337 g/mol. The number of likely N-dealkylation sites (N-methyl/N-ethyl adjacent to an activating group) is 1. The van der Waals surface area contributed by atoms with Crippen molar-refractivity contribution in [3.05, 3.63) is 23.8 Å². The van der Waals surface area contributed by atoms with Gasteiger partial charge in [-0.3, -0.25) is 4.79 Å². The van der Waals surface area contributed by atoms with E-state index in [2.05, 4.69) is 10.6 Å². The molecule has 2 rings (SSSR count). The van der Waals surface area contributed by atoms with Gasteiger partial charge in [-0.1, -0.05) is 0 Å². The highest BCUT2D eigenvalue weighted by Crippen LogP contribution is 2.26. The van der Waals surface area contributed by atoms with E-state index in [-0.39, 0.29) is 18.5 Å². The zero-order valence-corrected chi connectivity index (χ0v) is 13.8. The van der Waals surface area contributed by atoms with Crippen LogP contribution in [0.5, 0.6) is 5.75 Å². The number of urea groups is 1. The summed E-state index contributed by atoms with van der Waals surface area (Å²) in [6, 6.07) is 4.54. The number of anilines is 1. The van der Waals surface area contributed by atoms with Crippen LogP contribution in [0.2, 0.25) is 0 Å². The Balaban J connectivity index is 2.08. The molecule has 1 aromatic rings. The summed E-state index contributed by atoms with van der Waals surface area (Å²) in [7, 11) is 2.96. The van der Waals surface area contributed by atoms with Gasteiger partial charge >= 0.3 is 6.03 Å². The van der Waals surface area contributed by atoms with Crippen molar-refractivity contribution in [1.29, 1.82) is 0 Å². The molecule has 0 saturated heterocycles. The molecule has 0 aromatic heterocycles. The number of hydrogen-bond acceptors (Lipinski definition) is 5. The lowest BCUT2D eigenvalue weighted by molar-refractivity contribution is 0.0750. The zero-order chi connectivity index (χ0) is 17.7. The number of carbonyl (C=O) groups is 2. The Hall–Kier alpha value is -2.32. The average Bonchev–Trinajstić information content (AvgIpc) is 3.38. The summed E-state index contributed by atoms with van der Waals surface area (Å²) in [6.45, 7) is -0.454. The number of nitrogens with zero attached hydrogens (tertiary/aromatic N) is 1. The molecule has 1 saturated carbocycles. The monoisotopic (exact) mass is 337 g/mol. The van der Waals surface area contributed by atoms with Gasteiger partial charge in [-0.2, -0.15) is 0 Å². The molecule has 0 aliphatic heterocycles. The molecule has 1 aliphatic carbocycles. The Labute approximate surface area is 140 Å². The van der Waals surface area contributed by atoms with Gasteiger partial charge in [-0.05, 0) is 31.0 Å². The normalized spacial score (nSPS) is 14.7. The fraction of sp³-hybridized carbons (Fsp3) is 0.500. The Morgan fingerprint density at radius 2 is 2.12 bits per heavy atom. The van der Waals surface area contributed by atoms with Gasteiger partial charge in [-0.15, -0.1) is 0 Å². The van der Waals surface area contributed by atoms with E-state index in [1.165, 1.54) is 19.1 Å². The third-order valence-corrected chi connectivity index (χ3v) is 3.66. The van der Waals surface area contributed by atoms with Crippen LogP contribution >= 0.6 is 0 Å². The Morgan fingerprint density at radius 3 is 2.71 bits per heavy atom. The maximum atomic E-state index is 12.2. The molecule has 0 spiro atoms. The number of aliphatic hydroxyl groups excluding tert-OH is 2. The van der Waals surface area contributed by atoms with Crippen molar-refractivity contribution in [1.82, 2.24) is 10.2 Å². The number of ether oxygens (including phenoxy) is 1. The second-order valence-electron chi connectivity index (χ2n) is 5.81. The van der Waals surface area contributed by atoms with E-state index in [0.717, 1.165) is 12.8 Å². The first-order valence-corrected chi connectivity index (χ1v) is 7.74. The highest BCUT2D eigenvalue weighted by atomic mass is 16.5. The van der Waals surface area contributed by atoms with Gasteiger partial charge < -0.3 is 30.5 Å². The van der Waals surface area contributed by atoms with Gasteiger partial charge in [0, 0.05) is 18.7 Å². The highest BCUT2D eigenvalue weighted by Gasteiger charge is 2.24. The van der Waals surface area contributed by atoms with Crippen molar-refractivity contribution in [3.63, 3.8) is 0 Å². The van der Waals surface area contributed by atoms with Crippen molar-refractivity contribution in [2.24, 2.45) is 0 Å². The first-order chi connectivity index (χ1) is 11.4. The first-order valence-electron chi connectivity index (χ1n) is 7.74. The maximum Gasteiger partial charge on any atom is 0.321 e. The van der Waals surface area contributed by atoms with Crippen LogP contribution < -0.4 is 15.4 Å². The van der Waals surface area contributed by atoms with Crippen LogP contribution in [-0.4, -0.2) is 66.5 Å². The van der Waals surface area contributed by atoms with Gasteiger partial charge in [0.25, 0.3) is 5.91 Å². The number of hydrogen-bond donors (Lipinski definition) is 4. The molecular formula is C16H23N3O5. The van der Waals surface area contributed by atoms with Crippen LogP contribution in [0.4, 0.5) is 10.5 Å². The Kier molecular flexibility index (Phi) is 5.99. The molecule has 4 N–H and O–H groups in total. The molecule has 1 atom stereocenters. The van der Waals surface area contributed by atoms with Crippen LogP contribution in [0.1, 0.15) is 23.2 Å². The van der Waals surface area contributed by atoms with Crippen molar-refractivity contribution in [2.45, 2.75) is 25.0 Å². The molecule has 8 heteroatoms. The second kappa shape index (κ2) is 7.98. The van der Waals surface area contributed by atoms with Crippen LogP contribution in [0.15, 0.2) is 18.2 Å². The van der Waals surface area contributed by atoms with Crippen LogP contribution in [0.3, 0.4) is 0 Å². The summed E-state index contributed by atoms with van der Waals surface area (Å²) in [4.78, 5) is 25.5. The summed E-state index contributed by atoms with van der Waals surface area (Å²) in [5.74, 6) is 0.224. The molecule has 1 aromatic carbocycles. The highest BCUT2D eigenvalue weighted by molar-refractivity contribution is 5.98. The lowest BCUT2D eigenvalue weighted by atomic mass is 10.1. The van der Waals surface area contributed by atoms with Crippen LogP contribution in [0, 0.1) is 0 Å². The third kappa shape index (κ3) is 4.84. The first kappa shape index (κ1) is 18.0. The minimum atomic E-state index is -1.02. The summed E-state index contributed by atoms with van der Waals surface area (Å²) in [5.41, 5.74) is 0.785.